The number of amides is 3. The first-order valence-electron chi connectivity index (χ1n) is 7.95. The number of nitrogens with zero attached hydrogens (tertiary/aromatic N) is 1. The standard InChI is InChI=1S/C17H23N3O4/c1-18-17(23)19-15(21)11-20-9-7-13(8-10-20)16(22)12-3-5-14(24-2)6-4-12/h3-6,13H,7-11H2,1-2H3,(H2,18,19,21,23). The fourth-order valence-electron chi connectivity index (χ4n) is 2.78. The van der Waals surface area contributed by atoms with Gasteiger partial charge in [-0.05, 0) is 50.2 Å². The summed E-state index contributed by atoms with van der Waals surface area (Å²) in [5.41, 5.74) is 0.687. The van der Waals surface area contributed by atoms with Gasteiger partial charge >= 0.3 is 6.03 Å². The maximum atomic E-state index is 12.5. The maximum Gasteiger partial charge on any atom is 0.321 e. The van der Waals surface area contributed by atoms with Gasteiger partial charge in [-0.2, -0.15) is 0 Å². The Morgan fingerprint density at radius 3 is 2.33 bits per heavy atom. The molecule has 0 aliphatic carbocycles. The first-order valence-corrected chi connectivity index (χ1v) is 7.95. The van der Waals surface area contributed by atoms with Crippen LogP contribution in [0.3, 0.4) is 0 Å². The van der Waals surface area contributed by atoms with E-state index in [4.69, 9.17) is 4.74 Å². The third-order valence-electron chi connectivity index (χ3n) is 4.18. The molecule has 1 aliphatic rings. The van der Waals surface area contributed by atoms with Gasteiger partial charge in [0.05, 0.1) is 13.7 Å². The number of piperidine rings is 1. The van der Waals surface area contributed by atoms with Crippen LogP contribution in [0.5, 0.6) is 5.75 Å². The minimum atomic E-state index is -0.510. The van der Waals surface area contributed by atoms with Gasteiger partial charge in [0.2, 0.25) is 5.91 Å². The molecule has 3 amide bonds. The number of ketones is 1. The molecule has 1 fully saturated rings. The smallest absolute Gasteiger partial charge is 0.321 e. The Morgan fingerprint density at radius 1 is 1.17 bits per heavy atom. The summed E-state index contributed by atoms with van der Waals surface area (Å²) < 4.78 is 5.10. The molecule has 130 valence electrons. The van der Waals surface area contributed by atoms with E-state index >= 15 is 0 Å². The number of hydrogen-bond donors (Lipinski definition) is 2. The predicted octanol–water partition coefficient (Wildman–Crippen LogP) is 1.05. The van der Waals surface area contributed by atoms with Crippen molar-refractivity contribution in [3.63, 3.8) is 0 Å². The second kappa shape index (κ2) is 8.44. The van der Waals surface area contributed by atoms with E-state index in [0.717, 1.165) is 5.75 Å². The lowest BCUT2D eigenvalue weighted by Crippen LogP contribution is -2.46. The van der Waals surface area contributed by atoms with Crippen molar-refractivity contribution in [1.82, 2.24) is 15.5 Å². The molecular formula is C17H23N3O4. The van der Waals surface area contributed by atoms with Gasteiger partial charge in [-0.25, -0.2) is 4.79 Å². The van der Waals surface area contributed by atoms with E-state index in [0.29, 0.717) is 31.5 Å². The minimum Gasteiger partial charge on any atom is -0.497 e. The van der Waals surface area contributed by atoms with Crippen molar-refractivity contribution in [3.8, 4) is 5.75 Å². The quantitative estimate of drug-likeness (QED) is 0.786. The fourth-order valence-corrected chi connectivity index (χ4v) is 2.78. The lowest BCUT2D eigenvalue weighted by Gasteiger charge is -2.30. The Hall–Kier alpha value is -2.41. The number of likely N-dealkylation sites (tertiary alicyclic amines) is 1. The summed E-state index contributed by atoms with van der Waals surface area (Å²) in [6.07, 6.45) is 1.41. The lowest BCUT2D eigenvalue weighted by atomic mass is 9.89. The highest BCUT2D eigenvalue weighted by atomic mass is 16.5. The molecule has 0 unspecified atom stereocenters. The zero-order valence-electron chi connectivity index (χ0n) is 14.0. The number of carbonyl (C=O) groups is 3. The van der Waals surface area contributed by atoms with E-state index in [1.165, 1.54) is 7.05 Å². The summed E-state index contributed by atoms with van der Waals surface area (Å²) in [5, 5.41) is 4.58. The summed E-state index contributed by atoms with van der Waals surface area (Å²) in [7, 11) is 3.05. The number of urea groups is 1. The van der Waals surface area contributed by atoms with Gasteiger partial charge in [-0.1, -0.05) is 0 Å². The highest BCUT2D eigenvalue weighted by Crippen LogP contribution is 2.22. The molecule has 0 spiro atoms. The summed E-state index contributed by atoms with van der Waals surface area (Å²) >= 11 is 0. The number of benzene rings is 1. The first kappa shape index (κ1) is 17.9. The normalized spacial score (nSPS) is 15.6. The molecular weight excluding hydrogens is 310 g/mol. The zero-order valence-corrected chi connectivity index (χ0v) is 14.0. The van der Waals surface area contributed by atoms with Crippen LogP contribution in [-0.2, 0) is 4.79 Å². The van der Waals surface area contributed by atoms with Crippen LogP contribution < -0.4 is 15.4 Å². The van der Waals surface area contributed by atoms with Crippen LogP contribution in [0.15, 0.2) is 24.3 Å². The average Bonchev–Trinajstić information content (AvgIpc) is 2.61. The molecule has 2 rings (SSSR count). The Morgan fingerprint density at radius 2 is 1.79 bits per heavy atom. The SMILES string of the molecule is CNC(=O)NC(=O)CN1CCC(C(=O)c2ccc(OC)cc2)CC1. The number of nitrogens with one attached hydrogen (secondary N) is 2. The molecule has 1 aliphatic heterocycles. The first-order chi connectivity index (χ1) is 11.5. The fraction of sp³-hybridized carbons (Fsp3) is 0.471. The van der Waals surface area contributed by atoms with Crippen molar-refractivity contribution in [2.75, 3.05) is 33.8 Å². The molecule has 0 aromatic heterocycles. The van der Waals surface area contributed by atoms with Crippen LogP contribution in [-0.4, -0.2) is 56.4 Å². The van der Waals surface area contributed by atoms with Crippen molar-refractivity contribution in [3.05, 3.63) is 29.8 Å². The molecule has 0 saturated carbocycles. The van der Waals surface area contributed by atoms with E-state index in [2.05, 4.69) is 10.6 Å². The van der Waals surface area contributed by atoms with Gasteiger partial charge in [0.25, 0.3) is 0 Å². The Labute approximate surface area is 141 Å². The number of Topliss-reactive ketones (excluding diaryl/α,β-unsaturated/α-hetero) is 1. The molecule has 0 atom stereocenters. The Balaban J connectivity index is 1.82. The Bertz CT molecular complexity index is 592. The number of hydrogen-bond acceptors (Lipinski definition) is 5. The molecule has 2 N–H and O–H groups in total. The summed E-state index contributed by atoms with van der Waals surface area (Å²) in [4.78, 5) is 37.3. The summed E-state index contributed by atoms with van der Waals surface area (Å²) in [6, 6.07) is 6.62. The molecule has 0 radical (unpaired) electrons. The monoisotopic (exact) mass is 333 g/mol. The van der Waals surface area contributed by atoms with Crippen molar-refractivity contribution >= 4 is 17.7 Å². The van der Waals surface area contributed by atoms with Crippen molar-refractivity contribution < 1.29 is 19.1 Å². The van der Waals surface area contributed by atoms with Gasteiger partial charge in [-0.15, -0.1) is 0 Å². The van der Waals surface area contributed by atoms with E-state index in [1.807, 2.05) is 4.90 Å². The average molecular weight is 333 g/mol. The molecule has 1 aromatic rings. The van der Waals surface area contributed by atoms with Crippen molar-refractivity contribution in [2.45, 2.75) is 12.8 Å². The molecule has 1 heterocycles. The second-order valence-electron chi connectivity index (χ2n) is 5.77. The molecule has 7 nitrogen and oxygen atoms in total. The van der Waals surface area contributed by atoms with Crippen LogP contribution in [0.4, 0.5) is 4.79 Å². The lowest BCUT2D eigenvalue weighted by molar-refractivity contribution is -0.121. The molecule has 0 bridgehead atoms. The topological polar surface area (TPSA) is 87.7 Å². The second-order valence-corrected chi connectivity index (χ2v) is 5.77. The maximum absolute atomic E-state index is 12.5. The number of carbonyl (C=O) groups excluding carboxylic acids is 3. The van der Waals surface area contributed by atoms with Crippen LogP contribution in [0.2, 0.25) is 0 Å². The number of imide groups is 1. The van der Waals surface area contributed by atoms with Crippen LogP contribution in [0.1, 0.15) is 23.2 Å². The predicted molar refractivity (Wildman–Crippen MR) is 89.1 cm³/mol. The van der Waals surface area contributed by atoms with Gasteiger partial charge < -0.3 is 10.1 Å². The van der Waals surface area contributed by atoms with E-state index in [-0.39, 0.29) is 24.2 Å². The molecule has 1 saturated heterocycles. The largest absolute Gasteiger partial charge is 0.497 e. The number of ether oxygens (including phenoxy) is 1. The van der Waals surface area contributed by atoms with Gasteiger partial charge in [-0.3, -0.25) is 19.8 Å². The zero-order chi connectivity index (χ0) is 17.5. The van der Waals surface area contributed by atoms with E-state index < -0.39 is 6.03 Å². The third-order valence-corrected chi connectivity index (χ3v) is 4.18. The molecule has 7 heteroatoms. The van der Waals surface area contributed by atoms with E-state index in [1.54, 1.807) is 31.4 Å². The van der Waals surface area contributed by atoms with Crippen molar-refractivity contribution in [1.29, 1.82) is 0 Å². The van der Waals surface area contributed by atoms with Gasteiger partial charge in [0, 0.05) is 18.5 Å². The summed E-state index contributed by atoms with van der Waals surface area (Å²) in [5.74, 6) is 0.488. The highest BCUT2D eigenvalue weighted by Gasteiger charge is 2.26. The third kappa shape index (κ3) is 4.79. The van der Waals surface area contributed by atoms with Crippen molar-refractivity contribution in [2.24, 2.45) is 5.92 Å². The van der Waals surface area contributed by atoms with Gasteiger partial charge in [0.1, 0.15) is 5.75 Å². The van der Waals surface area contributed by atoms with Crippen LogP contribution >= 0.6 is 0 Å². The molecule has 1 aromatic carbocycles. The van der Waals surface area contributed by atoms with Gasteiger partial charge in [0.15, 0.2) is 5.78 Å². The Kier molecular flexibility index (Phi) is 6.31. The number of rotatable bonds is 5. The highest BCUT2D eigenvalue weighted by molar-refractivity contribution is 5.98. The van der Waals surface area contributed by atoms with Crippen LogP contribution in [0.25, 0.3) is 0 Å². The summed E-state index contributed by atoms with van der Waals surface area (Å²) in [6.45, 7) is 1.48. The van der Waals surface area contributed by atoms with E-state index in [9.17, 15) is 14.4 Å². The minimum absolute atomic E-state index is 0.0309. The van der Waals surface area contributed by atoms with Crippen LogP contribution in [0, 0.1) is 5.92 Å². The molecule has 24 heavy (non-hydrogen) atoms. The number of methoxy groups -OCH3 is 1.